The summed E-state index contributed by atoms with van der Waals surface area (Å²) in [6.45, 7) is 1.67. The smallest absolute Gasteiger partial charge is 0.125 e. The average molecular weight is 195 g/mol. The molecule has 0 bridgehead atoms. The van der Waals surface area contributed by atoms with E-state index in [-0.39, 0.29) is 0 Å². The minimum Gasteiger partial charge on any atom is -0.497 e. The highest BCUT2D eigenvalue weighted by Crippen LogP contribution is 2.26. The molecule has 1 radical (unpaired) electrons. The van der Waals surface area contributed by atoms with E-state index in [0.29, 0.717) is 12.5 Å². The maximum atomic E-state index is 9.18. The van der Waals surface area contributed by atoms with Gasteiger partial charge in [0.25, 0.3) is 0 Å². The van der Waals surface area contributed by atoms with E-state index in [2.05, 4.69) is 0 Å². The van der Waals surface area contributed by atoms with Crippen molar-refractivity contribution in [1.29, 1.82) is 0 Å². The lowest BCUT2D eigenvalue weighted by atomic mass is 10.1. The van der Waals surface area contributed by atoms with Crippen LogP contribution in [0.25, 0.3) is 0 Å². The largest absolute Gasteiger partial charge is 0.497 e. The molecule has 0 unspecified atom stereocenters. The van der Waals surface area contributed by atoms with Crippen LogP contribution in [-0.2, 0) is 6.42 Å². The van der Waals surface area contributed by atoms with Gasteiger partial charge in [0.05, 0.1) is 20.3 Å². The molecular weight excluding hydrogens is 180 g/mol. The van der Waals surface area contributed by atoms with Gasteiger partial charge in [-0.2, -0.15) is 0 Å². The monoisotopic (exact) mass is 195 g/mol. The van der Waals surface area contributed by atoms with Crippen molar-refractivity contribution in [3.63, 3.8) is 0 Å². The Morgan fingerprint density at radius 3 is 2.50 bits per heavy atom. The van der Waals surface area contributed by atoms with Crippen LogP contribution < -0.4 is 9.47 Å². The zero-order valence-corrected chi connectivity index (χ0v) is 8.70. The number of methoxy groups -OCH3 is 2. The fourth-order valence-electron chi connectivity index (χ4n) is 1.27. The van der Waals surface area contributed by atoms with Crippen molar-refractivity contribution >= 4 is 0 Å². The Balaban J connectivity index is 2.93. The third-order valence-corrected chi connectivity index (χ3v) is 1.94. The molecule has 0 aliphatic carbocycles. The molecule has 0 saturated heterocycles. The molecule has 0 amide bonds. The first-order valence-electron chi connectivity index (χ1n) is 4.39. The van der Waals surface area contributed by atoms with E-state index in [4.69, 9.17) is 9.47 Å². The van der Waals surface area contributed by atoms with Gasteiger partial charge in [-0.3, -0.25) is 0 Å². The van der Waals surface area contributed by atoms with E-state index in [1.807, 2.05) is 12.1 Å². The molecule has 1 aromatic rings. The molecule has 1 aromatic carbocycles. The van der Waals surface area contributed by atoms with Crippen LogP contribution in [0, 0.1) is 6.10 Å². The van der Waals surface area contributed by atoms with Crippen LogP contribution in [0.2, 0.25) is 0 Å². The summed E-state index contributed by atoms with van der Waals surface area (Å²) in [4.78, 5) is 0. The van der Waals surface area contributed by atoms with Gasteiger partial charge in [-0.05, 0) is 18.6 Å². The molecule has 77 valence electrons. The third kappa shape index (κ3) is 2.64. The van der Waals surface area contributed by atoms with Gasteiger partial charge < -0.3 is 14.6 Å². The minimum absolute atomic E-state index is 0.369. The van der Waals surface area contributed by atoms with Gasteiger partial charge in [0.2, 0.25) is 0 Å². The molecule has 14 heavy (non-hydrogen) atoms. The molecule has 0 aliphatic heterocycles. The first-order chi connectivity index (χ1) is 6.67. The highest BCUT2D eigenvalue weighted by molar-refractivity contribution is 5.41. The Hall–Kier alpha value is -1.22. The molecule has 0 fully saturated rings. The summed E-state index contributed by atoms with van der Waals surface area (Å²) in [5.41, 5.74) is 0.952. The number of aliphatic hydroxyl groups is 1. The third-order valence-electron chi connectivity index (χ3n) is 1.94. The second kappa shape index (κ2) is 4.86. The molecule has 3 nitrogen and oxygen atoms in total. The normalized spacial score (nSPS) is 10.4. The Labute approximate surface area is 84.3 Å². The Kier molecular flexibility index (Phi) is 3.77. The van der Waals surface area contributed by atoms with Crippen LogP contribution in [0.4, 0.5) is 0 Å². The summed E-state index contributed by atoms with van der Waals surface area (Å²) in [6, 6.07) is 5.54. The average Bonchev–Trinajstić information content (AvgIpc) is 2.17. The number of hydrogen-bond donors (Lipinski definition) is 1. The van der Waals surface area contributed by atoms with Crippen molar-refractivity contribution in [3.05, 3.63) is 29.9 Å². The van der Waals surface area contributed by atoms with Crippen molar-refractivity contribution in [2.24, 2.45) is 0 Å². The molecule has 3 heteroatoms. The highest BCUT2D eigenvalue weighted by atomic mass is 16.5. The molecule has 0 saturated carbocycles. The summed E-state index contributed by atoms with van der Waals surface area (Å²) in [6.07, 6.45) is 0.876. The van der Waals surface area contributed by atoms with E-state index >= 15 is 0 Å². The maximum Gasteiger partial charge on any atom is 0.125 e. The Morgan fingerprint density at radius 2 is 2.00 bits per heavy atom. The van der Waals surface area contributed by atoms with E-state index in [9.17, 15) is 5.11 Å². The van der Waals surface area contributed by atoms with Gasteiger partial charge in [-0.25, -0.2) is 0 Å². The van der Waals surface area contributed by atoms with Gasteiger partial charge in [0.1, 0.15) is 11.5 Å². The Morgan fingerprint density at radius 1 is 1.29 bits per heavy atom. The molecule has 0 atom stereocenters. The number of ether oxygens (including phenoxy) is 2. The first-order valence-corrected chi connectivity index (χ1v) is 4.39. The predicted octanol–water partition coefficient (Wildman–Crippen LogP) is 2.17. The molecule has 0 heterocycles. The van der Waals surface area contributed by atoms with E-state index in [0.717, 1.165) is 17.1 Å². The van der Waals surface area contributed by atoms with Crippen LogP contribution in [0.5, 0.6) is 11.5 Å². The summed E-state index contributed by atoms with van der Waals surface area (Å²) in [5.74, 6) is 1.49. The maximum absolute atomic E-state index is 9.18. The van der Waals surface area contributed by atoms with Crippen LogP contribution >= 0.6 is 0 Å². The topological polar surface area (TPSA) is 38.7 Å². The molecule has 0 aromatic heterocycles. The molecule has 1 N–H and O–H groups in total. The minimum atomic E-state index is 0.369. The van der Waals surface area contributed by atoms with E-state index in [1.54, 1.807) is 27.2 Å². The summed E-state index contributed by atoms with van der Waals surface area (Å²) in [5, 5.41) is 9.18. The van der Waals surface area contributed by atoms with Gasteiger partial charge in [0.15, 0.2) is 0 Å². The number of rotatable bonds is 4. The zero-order chi connectivity index (χ0) is 10.6. The van der Waals surface area contributed by atoms with Gasteiger partial charge in [-0.15, -0.1) is 0 Å². The second-order valence-electron chi connectivity index (χ2n) is 3.09. The van der Waals surface area contributed by atoms with E-state index < -0.39 is 0 Å². The van der Waals surface area contributed by atoms with Crippen molar-refractivity contribution in [3.8, 4) is 11.5 Å². The lowest BCUT2D eigenvalue weighted by Gasteiger charge is -2.10. The lowest BCUT2D eigenvalue weighted by Crippen LogP contribution is -1.98. The quantitative estimate of drug-likeness (QED) is 0.800. The van der Waals surface area contributed by atoms with E-state index in [1.165, 1.54) is 0 Å². The lowest BCUT2D eigenvalue weighted by molar-refractivity contribution is 0.303. The fraction of sp³-hybridized carbons (Fsp3) is 0.364. The van der Waals surface area contributed by atoms with Crippen molar-refractivity contribution in [1.82, 2.24) is 0 Å². The van der Waals surface area contributed by atoms with Crippen molar-refractivity contribution in [2.45, 2.75) is 13.3 Å². The van der Waals surface area contributed by atoms with Gasteiger partial charge in [-0.1, -0.05) is 6.07 Å². The number of hydrogen-bond acceptors (Lipinski definition) is 3. The second-order valence-corrected chi connectivity index (χ2v) is 3.09. The van der Waals surface area contributed by atoms with Gasteiger partial charge in [0, 0.05) is 12.5 Å². The highest BCUT2D eigenvalue weighted by Gasteiger charge is 2.07. The summed E-state index contributed by atoms with van der Waals surface area (Å²) < 4.78 is 10.3. The summed E-state index contributed by atoms with van der Waals surface area (Å²) in [7, 11) is 3.21. The van der Waals surface area contributed by atoms with Crippen molar-refractivity contribution in [2.75, 3.05) is 14.2 Å². The number of benzene rings is 1. The zero-order valence-electron chi connectivity index (χ0n) is 8.70. The molecular formula is C11H15O3. The molecule has 1 rings (SSSR count). The van der Waals surface area contributed by atoms with Crippen LogP contribution in [-0.4, -0.2) is 19.3 Å². The number of aliphatic hydroxyl groups excluding tert-OH is 1. The van der Waals surface area contributed by atoms with Crippen LogP contribution in [0.15, 0.2) is 18.2 Å². The standard InChI is InChI=1S/C11H15O3/c1-8(12)6-9-4-5-10(13-2)7-11(9)14-3/h4-5,7,12H,6H2,1-3H3. The SMILES string of the molecule is COc1ccc(C[C](C)O)c(OC)c1. The van der Waals surface area contributed by atoms with Gasteiger partial charge >= 0.3 is 0 Å². The molecule has 0 spiro atoms. The predicted molar refractivity (Wildman–Crippen MR) is 54.1 cm³/mol. The molecule has 0 aliphatic rings. The van der Waals surface area contributed by atoms with Crippen LogP contribution in [0.1, 0.15) is 12.5 Å². The Bertz CT molecular complexity index is 295. The van der Waals surface area contributed by atoms with Crippen LogP contribution in [0.3, 0.4) is 0 Å². The van der Waals surface area contributed by atoms with Crippen molar-refractivity contribution < 1.29 is 14.6 Å². The first kappa shape index (κ1) is 10.9. The summed E-state index contributed by atoms with van der Waals surface area (Å²) >= 11 is 0. The fourth-order valence-corrected chi connectivity index (χ4v) is 1.27.